The maximum absolute atomic E-state index is 8.93. The second-order valence-electron chi connectivity index (χ2n) is 0.575. The fourth-order valence-corrected chi connectivity index (χ4v) is 0. The Morgan fingerprint density at radius 2 is 0.818 bits per heavy atom. The van der Waals surface area contributed by atoms with E-state index in [0.717, 1.165) is 0 Å². The van der Waals surface area contributed by atoms with Crippen LogP contribution in [0, 0.1) is 0 Å². The van der Waals surface area contributed by atoms with E-state index in [9.17, 15) is 0 Å². The fraction of sp³-hybridized carbons (Fsp3) is 0. The van der Waals surface area contributed by atoms with E-state index in [0.29, 0.717) is 0 Å². The van der Waals surface area contributed by atoms with Gasteiger partial charge in [-0.1, -0.05) is 0 Å². The molecule has 0 saturated carbocycles. The van der Waals surface area contributed by atoms with Crippen LogP contribution in [0.2, 0.25) is 0 Å². The normalized spacial score (nSPS) is 4.00. The van der Waals surface area contributed by atoms with Gasteiger partial charge in [0.25, 0.3) is 0 Å². The Bertz CT molecular complexity index is 80.4. The van der Waals surface area contributed by atoms with Crippen LogP contribution in [0.25, 0.3) is 0 Å². The first kappa shape index (κ1) is 38.1. The summed E-state index contributed by atoms with van der Waals surface area (Å²) in [6.45, 7) is 0. The summed E-state index contributed by atoms with van der Waals surface area (Å²) in [7, 11) is 0. The molecular formula is C2H6K2O7. The zero-order chi connectivity index (χ0) is 5.15. The van der Waals surface area contributed by atoms with Gasteiger partial charge >= 0.3 is 103 Å². The smallest absolute Gasteiger partial charge is 0.543 e. The third kappa shape index (κ3) is 33.2. The van der Waals surface area contributed by atoms with E-state index in [1.54, 1.807) is 0 Å². The molecule has 0 radical (unpaired) electrons. The van der Waals surface area contributed by atoms with Gasteiger partial charge in [-0.25, -0.2) is 0 Å². The van der Waals surface area contributed by atoms with Crippen LogP contribution in [0.15, 0.2) is 0 Å². The van der Waals surface area contributed by atoms with E-state index in [1.165, 1.54) is 0 Å². The fourth-order valence-electron chi connectivity index (χ4n) is 0. The number of hydrogen-bond acceptors (Lipinski definition) is 4. The molecule has 0 aromatic heterocycles. The van der Waals surface area contributed by atoms with Gasteiger partial charge in [0.2, 0.25) is 0 Å². The van der Waals surface area contributed by atoms with Gasteiger partial charge < -0.3 is 36.2 Å². The Morgan fingerprint density at radius 3 is 0.818 bits per heavy atom. The van der Waals surface area contributed by atoms with Gasteiger partial charge in [-0.2, -0.15) is 0 Å². The molecule has 0 spiro atoms. The van der Waals surface area contributed by atoms with Crippen LogP contribution in [0.1, 0.15) is 0 Å². The first-order valence-corrected chi connectivity index (χ1v) is 1.07. The molecular weight excluding hydrogens is 214 g/mol. The van der Waals surface area contributed by atoms with Crippen molar-refractivity contribution in [2.24, 2.45) is 0 Å². The first-order chi connectivity index (χ1) is 2.64. The number of carboxylic acids is 2. The van der Waals surface area contributed by atoms with Crippen LogP contribution in [0.3, 0.4) is 0 Å². The summed E-state index contributed by atoms with van der Waals surface area (Å²) in [6, 6.07) is 0. The summed E-state index contributed by atoms with van der Waals surface area (Å²) in [5, 5.41) is 17.9. The zero-order valence-corrected chi connectivity index (χ0v) is 12.4. The van der Waals surface area contributed by atoms with Crippen LogP contribution in [-0.2, 0) is 9.59 Å². The van der Waals surface area contributed by atoms with Crippen LogP contribution in [0.5, 0.6) is 0 Å². The molecule has 0 amide bonds. The monoisotopic (exact) mass is 220 g/mol. The van der Waals surface area contributed by atoms with Crippen molar-refractivity contribution in [2.45, 2.75) is 0 Å². The molecule has 0 saturated heterocycles. The predicted octanol–water partition coefficient (Wildman–Crippen LogP) is -12.0. The third-order valence-electron chi connectivity index (χ3n) is 0.167. The average Bonchev–Trinajstić information content (AvgIpc) is 1.36. The molecule has 7 nitrogen and oxygen atoms in total. The van der Waals surface area contributed by atoms with E-state index >= 15 is 0 Å². The summed E-state index contributed by atoms with van der Waals surface area (Å²) >= 11 is 0. The van der Waals surface area contributed by atoms with Crippen molar-refractivity contribution in [1.29, 1.82) is 0 Å². The van der Waals surface area contributed by atoms with E-state index in [1.807, 2.05) is 0 Å². The van der Waals surface area contributed by atoms with E-state index in [4.69, 9.17) is 19.8 Å². The van der Waals surface area contributed by atoms with Crippen molar-refractivity contribution in [3.63, 3.8) is 0 Å². The molecule has 0 fully saturated rings. The molecule has 6 N–H and O–H groups in total. The molecule has 11 heavy (non-hydrogen) atoms. The van der Waals surface area contributed by atoms with Crippen LogP contribution in [0.4, 0.5) is 0 Å². The standard InChI is InChI=1S/C2H2O4.2K.3H2O/c3-1(4)2(5)6;;;;;/h(H,3,4)(H,5,6);;;3*1H2/q;2*+1;;;/p-2. The summed E-state index contributed by atoms with van der Waals surface area (Å²) in [4.78, 5) is 17.9. The number of carboxylic acid groups (broad SMARTS) is 2. The Labute approximate surface area is 147 Å². The molecule has 0 unspecified atom stereocenters. The SMILES string of the molecule is O.O.O.O=C([O-])C(=O)[O-].[K+].[K+]. The topological polar surface area (TPSA) is 175 Å². The van der Waals surface area contributed by atoms with Crippen molar-refractivity contribution in [3.8, 4) is 0 Å². The van der Waals surface area contributed by atoms with Crippen molar-refractivity contribution in [1.82, 2.24) is 0 Å². The molecule has 0 aromatic carbocycles. The Kier molecular flexibility index (Phi) is 78.6. The van der Waals surface area contributed by atoms with Gasteiger partial charge in [0.15, 0.2) is 0 Å². The molecule has 0 aliphatic carbocycles. The summed E-state index contributed by atoms with van der Waals surface area (Å²) in [5.74, 6) is -4.37. The van der Waals surface area contributed by atoms with Crippen LogP contribution in [-0.4, -0.2) is 28.4 Å². The van der Waals surface area contributed by atoms with Crippen LogP contribution < -0.4 is 113 Å². The molecule has 0 heterocycles. The number of aliphatic carboxylic acids is 2. The minimum Gasteiger partial charge on any atom is -0.543 e. The van der Waals surface area contributed by atoms with Crippen molar-refractivity contribution < 1.29 is 139 Å². The molecule has 0 rings (SSSR count). The van der Waals surface area contributed by atoms with E-state index < -0.39 is 11.9 Å². The van der Waals surface area contributed by atoms with Gasteiger partial charge in [0.1, 0.15) is 0 Å². The Morgan fingerprint density at radius 1 is 0.727 bits per heavy atom. The molecule has 0 aliphatic heterocycles. The maximum atomic E-state index is 8.93. The Balaban J connectivity index is -0.0000000125. The van der Waals surface area contributed by atoms with Crippen molar-refractivity contribution in [3.05, 3.63) is 0 Å². The number of carbonyl (C=O) groups excluding carboxylic acids is 2. The summed E-state index contributed by atoms with van der Waals surface area (Å²) in [5.41, 5.74) is 0. The first-order valence-electron chi connectivity index (χ1n) is 1.07. The average molecular weight is 220 g/mol. The second kappa shape index (κ2) is 22.7. The number of carbonyl (C=O) groups is 2. The largest absolute Gasteiger partial charge is 1.00 e. The molecule has 0 aliphatic rings. The quantitative estimate of drug-likeness (QED) is 0.291. The van der Waals surface area contributed by atoms with E-state index in [-0.39, 0.29) is 119 Å². The summed E-state index contributed by atoms with van der Waals surface area (Å²) < 4.78 is 0. The molecule has 0 bridgehead atoms. The van der Waals surface area contributed by atoms with Crippen molar-refractivity contribution in [2.75, 3.05) is 0 Å². The second-order valence-corrected chi connectivity index (χ2v) is 0.575. The van der Waals surface area contributed by atoms with Gasteiger partial charge in [-0.15, -0.1) is 0 Å². The molecule has 0 atom stereocenters. The minimum absolute atomic E-state index is 0. The molecule has 58 valence electrons. The third-order valence-corrected chi connectivity index (χ3v) is 0.167. The van der Waals surface area contributed by atoms with Gasteiger partial charge in [-0.3, -0.25) is 0 Å². The van der Waals surface area contributed by atoms with Crippen molar-refractivity contribution >= 4 is 11.9 Å². The van der Waals surface area contributed by atoms with Gasteiger partial charge in [-0.05, 0) is 0 Å². The van der Waals surface area contributed by atoms with Crippen LogP contribution >= 0.6 is 0 Å². The number of hydrogen-bond donors (Lipinski definition) is 0. The number of rotatable bonds is 0. The van der Waals surface area contributed by atoms with Gasteiger partial charge in [0.05, 0.1) is 11.9 Å². The minimum atomic E-state index is -2.19. The zero-order valence-electron chi connectivity index (χ0n) is 6.13. The molecule has 0 aromatic rings. The Hall–Kier alpha value is 2.09. The predicted molar refractivity (Wildman–Crippen MR) is 20.9 cm³/mol. The molecule has 9 heteroatoms. The van der Waals surface area contributed by atoms with E-state index in [2.05, 4.69) is 0 Å². The summed E-state index contributed by atoms with van der Waals surface area (Å²) in [6.07, 6.45) is 0. The van der Waals surface area contributed by atoms with Gasteiger partial charge in [0, 0.05) is 0 Å². The maximum Gasteiger partial charge on any atom is 1.00 e.